The summed E-state index contributed by atoms with van der Waals surface area (Å²) in [7, 11) is -3.37. The van der Waals surface area contributed by atoms with Gasteiger partial charge in [-0.25, -0.2) is 8.42 Å². The van der Waals surface area contributed by atoms with Crippen molar-refractivity contribution in [2.45, 2.75) is 37.6 Å². The fourth-order valence-corrected chi connectivity index (χ4v) is 5.56. The fourth-order valence-electron chi connectivity index (χ4n) is 2.45. The van der Waals surface area contributed by atoms with Crippen molar-refractivity contribution in [1.29, 1.82) is 0 Å². The Labute approximate surface area is 130 Å². The summed E-state index contributed by atoms with van der Waals surface area (Å²) in [6.07, 6.45) is 0. The van der Waals surface area contributed by atoms with Crippen LogP contribution in [0, 0.1) is 6.92 Å². The first-order valence-corrected chi connectivity index (χ1v) is 9.55. The maximum atomic E-state index is 12.7. The SMILES string of the molecule is Cc1sc(CCl)cc1S(=O)(=O)N1CCN(C(C)C)CC1. The number of halogens is 1. The second-order valence-electron chi connectivity index (χ2n) is 5.30. The smallest absolute Gasteiger partial charge is 0.244 e. The Bertz CT molecular complexity index is 561. The van der Waals surface area contributed by atoms with E-state index < -0.39 is 10.0 Å². The molecule has 7 heteroatoms. The van der Waals surface area contributed by atoms with Gasteiger partial charge < -0.3 is 0 Å². The Morgan fingerprint density at radius 2 is 1.90 bits per heavy atom. The first kappa shape index (κ1) is 16.2. The number of aryl methyl sites for hydroxylation is 1. The van der Waals surface area contributed by atoms with Crippen LogP contribution in [0.25, 0.3) is 0 Å². The average molecular weight is 337 g/mol. The third kappa shape index (κ3) is 3.20. The molecule has 114 valence electrons. The molecule has 1 aromatic heterocycles. The van der Waals surface area contributed by atoms with E-state index in [1.165, 1.54) is 11.3 Å². The Hall–Kier alpha value is -0.140. The molecule has 1 aliphatic rings. The summed E-state index contributed by atoms with van der Waals surface area (Å²) in [4.78, 5) is 4.46. The van der Waals surface area contributed by atoms with Crippen molar-refractivity contribution >= 4 is 33.0 Å². The van der Waals surface area contributed by atoms with Crippen LogP contribution in [0.4, 0.5) is 0 Å². The maximum absolute atomic E-state index is 12.7. The van der Waals surface area contributed by atoms with Gasteiger partial charge in [-0.1, -0.05) is 0 Å². The lowest BCUT2D eigenvalue weighted by Gasteiger charge is -2.36. The molecule has 4 nitrogen and oxygen atoms in total. The molecule has 0 spiro atoms. The normalized spacial score (nSPS) is 18.9. The van der Waals surface area contributed by atoms with Gasteiger partial charge in [0.2, 0.25) is 10.0 Å². The second kappa shape index (κ2) is 6.32. The van der Waals surface area contributed by atoms with Gasteiger partial charge in [-0.2, -0.15) is 4.31 Å². The van der Waals surface area contributed by atoms with Gasteiger partial charge in [0.25, 0.3) is 0 Å². The van der Waals surface area contributed by atoms with E-state index in [9.17, 15) is 8.42 Å². The average Bonchev–Trinajstić information content (AvgIpc) is 2.81. The number of nitrogens with zero attached hydrogens (tertiary/aromatic N) is 2. The molecule has 0 aliphatic carbocycles. The van der Waals surface area contributed by atoms with Crippen molar-refractivity contribution in [3.05, 3.63) is 15.8 Å². The summed E-state index contributed by atoms with van der Waals surface area (Å²) in [5.74, 6) is 0.363. The summed E-state index contributed by atoms with van der Waals surface area (Å²) >= 11 is 7.26. The maximum Gasteiger partial charge on any atom is 0.244 e. The number of hydrogen-bond donors (Lipinski definition) is 0. The minimum atomic E-state index is -3.37. The molecule has 0 radical (unpaired) electrons. The number of alkyl halides is 1. The van der Waals surface area contributed by atoms with Gasteiger partial charge in [0.1, 0.15) is 0 Å². The number of hydrogen-bond acceptors (Lipinski definition) is 4. The van der Waals surface area contributed by atoms with Gasteiger partial charge in [0.05, 0.1) is 10.8 Å². The minimum absolute atomic E-state index is 0.363. The number of rotatable bonds is 4. The third-order valence-electron chi connectivity index (χ3n) is 3.68. The van der Waals surface area contributed by atoms with Gasteiger partial charge in [0, 0.05) is 42.0 Å². The third-order valence-corrected chi connectivity index (χ3v) is 7.33. The van der Waals surface area contributed by atoms with Gasteiger partial charge in [-0.05, 0) is 26.8 Å². The largest absolute Gasteiger partial charge is 0.298 e. The van der Waals surface area contributed by atoms with Crippen molar-refractivity contribution < 1.29 is 8.42 Å². The first-order valence-electron chi connectivity index (χ1n) is 6.75. The van der Waals surface area contributed by atoms with Crippen LogP contribution in [0.15, 0.2) is 11.0 Å². The molecule has 0 N–H and O–H groups in total. The molecule has 1 saturated heterocycles. The molecule has 2 rings (SSSR count). The Morgan fingerprint density at radius 1 is 1.30 bits per heavy atom. The molecule has 20 heavy (non-hydrogen) atoms. The molecule has 0 saturated carbocycles. The summed E-state index contributed by atoms with van der Waals surface area (Å²) < 4.78 is 27.0. The summed E-state index contributed by atoms with van der Waals surface area (Å²) in [5.41, 5.74) is 0. The lowest BCUT2D eigenvalue weighted by atomic mass is 10.3. The molecular weight excluding hydrogens is 316 g/mol. The van der Waals surface area contributed by atoms with E-state index in [1.807, 2.05) is 6.92 Å². The zero-order valence-electron chi connectivity index (χ0n) is 12.1. The van der Waals surface area contributed by atoms with Crippen LogP contribution in [0.2, 0.25) is 0 Å². The van der Waals surface area contributed by atoms with Gasteiger partial charge in [0.15, 0.2) is 0 Å². The van der Waals surface area contributed by atoms with Crippen LogP contribution in [0.1, 0.15) is 23.6 Å². The predicted octanol–water partition coefficient (Wildman–Crippen LogP) is 2.51. The molecule has 0 amide bonds. The lowest BCUT2D eigenvalue weighted by molar-refractivity contribution is 0.154. The van der Waals surface area contributed by atoms with Gasteiger partial charge >= 0.3 is 0 Å². The first-order chi connectivity index (χ1) is 9.36. The molecule has 1 aromatic rings. The van der Waals surface area contributed by atoms with E-state index in [0.29, 0.717) is 29.9 Å². The second-order valence-corrected chi connectivity index (χ2v) is 8.82. The molecule has 1 fully saturated rings. The van der Waals surface area contributed by atoms with E-state index >= 15 is 0 Å². The van der Waals surface area contributed by atoms with Crippen molar-refractivity contribution in [2.75, 3.05) is 26.2 Å². The van der Waals surface area contributed by atoms with Crippen molar-refractivity contribution in [1.82, 2.24) is 9.21 Å². The number of sulfonamides is 1. The molecule has 0 atom stereocenters. The Kier molecular flexibility index (Phi) is 5.13. The van der Waals surface area contributed by atoms with Crippen LogP contribution in [-0.4, -0.2) is 49.8 Å². The Morgan fingerprint density at radius 3 is 2.35 bits per heavy atom. The van der Waals surface area contributed by atoms with Gasteiger partial charge in [-0.15, -0.1) is 22.9 Å². The number of thiophene rings is 1. The highest BCUT2D eigenvalue weighted by Crippen LogP contribution is 2.29. The summed E-state index contributed by atoms with van der Waals surface area (Å²) in [6, 6.07) is 2.18. The standard InChI is InChI=1S/C13H21ClN2O2S2/c1-10(2)15-4-6-16(7-5-15)20(17,18)13-8-12(9-14)19-11(13)3/h8,10H,4-7,9H2,1-3H3. The molecule has 0 unspecified atom stereocenters. The van der Waals surface area contributed by atoms with Crippen molar-refractivity contribution in [3.8, 4) is 0 Å². The highest BCUT2D eigenvalue weighted by atomic mass is 35.5. The molecule has 0 bridgehead atoms. The minimum Gasteiger partial charge on any atom is -0.298 e. The monoisotopic (exact) mass is 336 g/mol. The molecule has 0 aromatic carbocycles. The highest BCUT2D eigenvalue weighted by Gasteiger charge is 2.31. The van der Waals surface area contributed by atoms with Crippen LogP contribution < -0.4 is 0 Å². The topological polar surface area (TPSA) is 40.6 Å². The quantitative estimate of drug-likeness (QED) is 0.793. The van der Waals surface area contributed by atoms with Crippen LogP contribution in [0.5, 0.6) is 0 Å². The summed E-state index contributed by atoms with van der Waals surface area (Å²) in [6.45, 7) is 8.83. The van der Waals surface area contributed by atoms with E-state index in [1.54, 1.807) is 10.4 Å². The molecule has 2 heterocycles. The van der Waals surface area contributed by atoms with Crippen LogP contribution >= 0.6 is 22.9 Å². The van der Waals surface area contributed by atoms with E-state index in [2.05, 4.69) is 18.7 Å². The van der Waals surface area contributed by atoms with E-state index in [4.69, 9.17) is 11.6 Å². The van der Waals surface area contributed by atoms with Crippen molar-refractivity contribution in [3.63, 3.8) is 0 Å². The van der Waals surface area contributed by atoms with Crippen molar-refractivity contribution in [2.24, 2.45) is 0 Å². The molecular formula is C13H21ClN2O2S2. The Balaban J connectivity index is 2.17. The predicted molar refractivity (Wildman–Crippen MR) is 84.1 cm³/mol. The zero-order chi connectivity index (χ0) is 14.9. The zero-order valence-corrected chi connectivity index (χ0v) is 14.5. The number of piperazine rings is 1. The molecule has 1 aliphatic heterocycles. The van der Waals surface area contributed by atoms with Crippen LogP contribution in [0.3, 0.4) is 0 Å². The fraction of sp³-hybridized carbons (Fsp3) is 0.692. The van der Waals surface area contributed by atoms with Crippen LogP contribution in [-0.2, 0) is 15.9 Å². The van der Waals surface area contributed by atoms with E-state index in [0.717, 1.165) is 22.8 Å². The van der Waals surface area contributed by atoms with E-state index in [-0.39, 0.29) is 0 Å². The summed E-state index contributed by atoms with van der Waals surface area (Å²) in [5, 5.41) is 0. The lowest BCUT2D eigenvalue weighted by Crippen LogP contribution is -2.50. The highest BCUT2D eigenvalue weighted by molar-refractivity contribution is 7.89. The van der Waals surface area contributed by atoms with Gasteiger partial charge in [-0.3, -0.25) is 4.90 Å².